The Bertz CT molecular complexity index is 1520. The van der Waals surface area contributed by atoms with Gasteiger partial charge in [-0.1, -0.05) is 6.07 Å². The van der Waals surface area contributed by atoms with Gasteiger partial charge in [0.25, 0.3) is 5.91 Å². The molecule has 5 aromatic rings. The summed E-state index contributed by atoms with van der Waals surface area (Å²) >= 11 is 0. The Morgan fingerprint density at radius 3 is 2.56 bits per heavy atom. The summed E-state index contributed by atoms with van der Waals surface area (Å²) in [6.45, 7) is 0. The second-order valence-electron chi connectivity index (χ2n) is 7.50. The number of benzene rings is 2. The number of carbonyl (C=O) groups excluding carboxylic acids is 1. The molecular weight excluding hydrogens is 442 g/mol. The van der Waals surface area contributed by atoms with Crippen LogP contribution in [0.15, 0.2) is 67.0 Å². The summed E-state index contributed by atoms with van der Waals surface area (Å²) < 4.78 is 35.9. The van der Waals surface area contributed by atoms with E-state index in [2.05, 4.69) is 20.5 Å². The average molecular weight is 460 g/mol. The maximum Gasteiger partial charge on any atom is 0.259 e. The standard InChI is InChI=1S/C24H18F2N6O2/c1-31-12-17(23(30-31)14-6-8-15(25)9-7-14)18-10-11-21-27-20(13-32(21)29-18)28-24(33)16-4-3-5-19(34-2)22(16)26/h3-13H,1-2H3,(H,28,33). The predicted octanol–water partition coefficient (Wildman–Crippen LogP) is 4.34. The van der Waals surface area contributed by atoms with Gasteiger partial charge < -0.3 is 10.1 Å². The summed E-state index contributed by atoms with van der Waals surface area (Å²) in [6, 6.07) is 13.9. The molecule has 3 heterocycles. The van der Waals surface area contributed by atoms with Crippen molar-refractivity contribution in [3.05, 3.63) is 84.2 Å². The largest absolute Gasteiger partial charge is 0.494 e. The first-order chi connectivity index (χ1) is 16.4. The van der Waals surface area contributed by atoms with Crippen molar-refractivity contribution >= 4 is 17.4 Å². The number of anilines is 1. The Balaban J connectivity index is 1.47. The van der Waals surface area contributed by atoms with Gasteiger partial charge in [0.2, 0.25) is 0 Å². The van der Waals surface area contributed by atoms with Gasteiger partial charge in [-0.25, -0.2) is 18.3 Å². The number of aromatic nitrogens is 5. The van der Waals surface area contributed by atoms with E-state index in [0.717, 1.165) is 11.1 Å². The van der Waals surface area contributed by atoms with Crippen LogP contribution in [0.2, 0.25) is 0 Å². The molecule has 34 heavy (non-hydrogen) atoms. The quantitative estimate of drug-likeness (QED) is 0.422. The zero-order valence-corrected chi connectivity index (χ0v) is 18.2. The maximum absolute atomic E-state index is 14.4. The minimum absolute atomic E-state index is 0.0256. The number of rotatable bonds is 5. The van der Waals surface area contributed by atoms with Crippen LogP contribution < -0.4 is 10.1 Å². The Kier molecular flexibility index (Phi) is 5.25. The van der Waals surface area contributed by atoms with Crippen LogP contribution in [0.3, 0.4) is 0 Å². The SMILES string of the molecule is COc1cccc(C(=O)Nc2cn3nc(-c4cn(C)nc4-c4ccc(F)cc4)ccc3n2)c1F. The summed E-state index contributed by atoms with van der Waals surface area (Å²) in [5, 5.41) is 11.7. The number of hydrogen-bond donors (Lipinski definition) is 1. The zero-order valence-electron chi connectivity index (χ0n) is 18.2. The van der Waals surface area contributed by atoms with Crippen LogP contribution in [0.4, 0.5) is 14.6 Å². The van der Waals surface area contributed by atoms with E-state index in [1.165, 1.54) is 48.2 Å². The third-order valence-corrected chi connectivity index (χ3v) is 5.21. The van der Waals surface area contributed by atoms with Crippen molar-refractivity contribution in [3.8, 4) is 28.3 Å². The molecule has 0 saturated carbocycles. The van der Waals surface area contributed by atoms with Crippen LogP contribution in [0.5, 0.6) is 5.75 Å². The van der Waals surface area contributed by atoms with Crippen molar-refractivity contribution < 1.29 is 18.3 Å². The number of carbonyl (C=O) groups is 1. The van der Waals surface area contributed by atoms with Gasteiger partial charge in [-0.3, -0.25) is 9.48 Å². The van der Waals surface area contributed by atoms with Gasteiger partial charge in [0.05, 0.1) is 24.6 Å². The summed E-state index contributed by atoms with van der Waals surface area (Å²) in [4.78, 5) is 16.9. The highest BCUT2D eigenvalue weighted by Gasteiger charge is 2.18. The van der Waals surface area contributed by atoms with Gasteiger partial charge in [0.1, 0.15) is 11.5 Å². The number of hydrogen-bond acceptors (Lipinski definition) is 5. The molecule has 0 fully saturated rings. The number of halogens is 2. The Morgan fingerprint density at radius 2 is 1.79 bits per heavy atom. The second kappa shape index (κ2) is 8.39. The lowest BCUT2D eigenvalue weighted by Gasteiger charge is -2.06. The number of nitrogens with zero attached hydrogens (tertiary/aromatic N) is 5. The van der Waals surface area contributed by atoms with Gasteiger partial charge in [-0.2, -0.15) is 10.2 Å². The molecule has 0 aliphatic carbocycles. The summed E-state index contributed by atoms with van der Waals surface area (Å²) in [6.07, 6.45) is 3.35. The van der Waals surface area contributed by atoms with Crippen LogP contribution in [0.1, 0.15) is 10.4 Å². The van der Waals surface area contributed by atoms with E-state index in [-0.39, 0.29) is 22.9 Å². The number of imidazole rings is 1. The molecule has 0 aliphatic rings. The molecule has 5 rings (SSSR count). The smallest absolute Gasteiger partial charge is 0.259 e. The van der Waals surface area contributed by atoms with E-state index < -0.39 is 11.7 Å². The van der Waals surface area contributed by atoms with E-state index in [9.17, 15) is 13.6 Å². The van der Waals surface area contributed by atoms with Crippen LogP contribution in [0, 0.1) is 11.6 Å². The zero-order chi connectivity index (χ0) is 23.8. The van der Waals surface area contributed by atoms with Crippen LogP contribution in [-0.4, -0.2) is 37.4 Å². The normalized spacial score (nSPS) is 11.1. The van der Waals surface area contributed by atoms with Gasteiger partial charge >= 0.3 is 0 Å². The molecule has 0 radical (unpaired) electrons. The molecule has 0 atom stereocenters. The molecule has 3 aromatic heterocycles. The van der Waals surface area contributed by atoms with Crippen molar-refractivity contribution in [2.45, 2.75) is 0 Å². The molecule has 0 bridgehead atoms. The van der Waals surface area contributed by atoms with E-state index in [4.69, 9.17) is 4.74 Å². The van der Waals surface area contributed by atoms with E-state index in [1.807, 2.05) is 6.20 Å². The molecular formula is C24H18F2N6O2. The fraction of sp³-hybridized carbons (Fsp3) is 0.0833. The number of amides is 1. The lowest BCUT2D eigenvalue weighted by Crippen LogP contribution is -2.14. The number of fused-ring (bicyclic) bond motifs is 1. The lowest BCUT2D eigenvalue weighted by molar-refractivity contribution is 0.102. The highest BCUT2D eigenvalue weighted by molar-refractivity contribution is 6.04. The first-order valence-electron chi connectivity index (χ1n) is 10.2. The van der Waals surface area contributed by atoms with E-state index in [1.54, 1.807) is 36.0 Å². The van der Waals surface area contributed by atoms with Crippen LogP contribution in [-0.2, 0) is 7.05 Å². The Morgan fingerprint density at radius 1 is 1.00 bits per heavy atom. The summed E-state index contributed by atoms with van der Waals surface area (Å²) in [5.74, 6) is -1.56. The maximum atomic E-state index is 14.4. The van der Waals surface area contributed by atoms with Crippen molar-refractivity contribution in [1.29, 1.82) is 0 Å². The predicted molar refractivity (Wildman–Crippen MR) is 121 cm³/mol. The number of aryl methyl sites for hydroxylation is 1. The molecule has 0 unspecified atom stereocenters. The summed E-state index contributed by atoms with van der Waals surface area (Å²) in [5.41, 5.74) is 3.07. The molecule has 170 valence electrons. The van der Waals surface area contributed by atoms with Crippen molar-refractivity contribution in [2.75, 3.05) is 12.4 Å². The minimum atomic E-state index is -0.753. The fourth-order valence-corrected chi connectivity index (χ4v) is 3.61. The first kappa shape index (κ1) is 21.3. The van der Waals surface area contributed by atoms with Crippen molar-refractivity contribution in [1.82, 2.24) is 24.4 Å². The van der Waals surface area contributed by atoms with E-state index in [0.29, 0.717) is 17.0 Å². The van der Waals surface area contributed by atoms with Gasteiger partial charge in [0, 0.05) is 24.4 Å². The van der Waals surface area contributed by atoms with Gasteiger partial charge in [-0.05, 0) is 48.5 Å². The highest BCUT2D eigenvalue weighted by atomic mass is 19.1. The van der Waals surface area contributed by atoms with Crippen molar-refractivity contribution in [3.63, 3.8) is 0 Å². The monoisotopic (exact) mass is 460 g/mol. The molecule has 0 saturated heterocycles. The third kappa shape index (κ3) is 3.85. The number of ether oxygens (including phenoxy) is 1. The Labute approximate surface area is 192 Å². The fourth-order valence-electron chi connectivity index (χ4n) is 3.61. The molecule has 0 spiro atoms. The molecule has 10 heteroatoms. The van der Waals surface area contributed by atoms with E-state index >= 15 is 0 Å². The topological polar surface area (TPSA) is 86.3 Å². The van der Waals surface area contributed by atoms with Crippen LogP contribution in [0.25, 0.3) is 28.2 Å². The molecule has 8 nitrogen and oxygen atoms in total. The average Bonchev–Trinajstić information content (AvgIpc) is 3.41. The molecule has 2 aromatic carbocycles. The number of methoxy groups -OCH3 is 1. The molecule has 0 aliphatic heterocycles. The van der Waals surface area contributed by atoms with Gasteiger partial charge in [-0.15, -0.1) is 0 Å². The second-order valence-corrected chi connectivity index (χ2v) is 7.50. The van der Waals surface area contributed by atoms with Crippen LogP contribution >= 0.6 is 0 Å². The minimum Gasteiger partial charge on any atom is -0.494 e. The number of nitrogens with one attached hydrogen (secondary N) is 1. The Hall–Kier alpha value is -4.60. The van der Waals surface area contributed by atoms with Gasteiger partial charge in [0.15, 0.2) is 23.0 Å². The summed E-state index contributed by atoms with van der Waals surface area (Å²) in [7, 11) is 3.12. The first-order valence-corrected chi connectivity index (χ1v) is 10.2. The highest BCUT2D eigenvalue weighted by Crippen LogP contribution is 2.30. The van der Waals surface area contributed by atoms with Crippen molar-refractivity contribution in [2.24, 2.45) is 7.05 Å². The third-order valence-electron chi connectivity index (χ3n) is 5.21. The molecule has 1 amide bonds. The lowest BCUT2D eigenvalue weighted by atomic mass is 10.1. The molecule has 1 N–H and O–H groups in total.